The maximum absolute atomic E-state index is 13.8. The van der Waals surface area contributed by atoms with Crippen LogP contribution in [0.5, 0.6) is 0 Å². The average Bonchev–Trinajstić information content (AvgIpc) is 3.16. The van der Waals surface area contributed by atoms with Crippen molar-refractivity contribution in [2.75, 3.05) is 37.6 Å². The Morgan fingerprint density at radius 1 is 1.16 bits per heavy atom. The summed E-state index contributed by atoms with van der Waals surface area (Å²) in [4.78, 5) is 34.7. The van der Waals surface area contributed by atoms with Crippen LogP contribution in [0.25, 0.3) is 0 Å². The van der Waals surface area contributed by atoms with Crippen LogP contribution in [0.2, 0.25) is 0 Å². The van der Waals surface area contributed by atoms with Gasteiger partial charge in [-0.25, -0.2) is 4.98 Å². The van der Waals surface area contributed by atoms with Gasteiger partial charge < -0.3 is 15.1 Å². The van der Waals surface area contributed by atoms with Gasteiger partial charge in [-0.3, -0.25) is 14.5 Å². The van der Waals surface area contributed by atoms with Crippen molar-refractivity contribution in [2.45, 2.75) is 57.7 Å². The number of anilines is 1. The average molecular weight is 506 g/mol. The minimum atomic E-state index is -1.42. The number of rotatable bonds is 4. The molecule has 7 heteroatoms. The van der Waals surface area contributed by atoms with E-state index in [0.29, 0.717) is 12.8 Å². The molecule has 4 fully saturated rings. The number of nitrogens with zero attached hydrogens (tertiary/aromatic N) is 3. The molecule has 5 aliphatic rings. The quantitative estimate of drug-likeness (QED) is 0.650. The zero-order valence-electron chi connectivity index (χ0n) is 22.0. The van der Waals surface area contributed by atoms with Crippen molar-refractivity contribution in [1.29, 1.82) is 0 Å². The van der Waals surface area contributed by atoms with Crippen LogP contribution in [0.3, 0.4) is 0 Å². The summed E-state index contributed by atoms with van der Waals surface area (Å²) >= 11 is 0. The van der Waals surface area contributed by atoms with Gasteiger partial charge in [-0.15, -0.1) is 0 Å². The van der Waals surface area contributed by atoms with Gasteiger partial charge in [-0.1, -0.05) is 31.6 Å². The normalized spacial score (nSPS) is 41.6. The number of allylic oxidation sites excluding steroid dienone is 4. The zero-order chi connectivity index (χ0) is 26.0. The zero-order valence-corrected chi connectivity index (χ0v) is 22.0. The number of Topliss-reactive ketones (excluding diaryl/α,β-unsaturated/α-hetero) is 1. The van der Waals surface area contributed by atoms with Gasteiger partial charge in [0.05, 0.1) is 12.6 Å². The van der Waals surface area contributed by atoms with E-state index >= 15 is 0 Å². The van der Waals surface area contributed by atoms with Gasteiger partial charge in [0.2, 0.25) is 0 Å². The van der Waals surface area contributed by atoms with Gasteiger partial charge in [0, 0.05) is 49.1 Å². The van der Waals surface area contributed by atoms with E-state index in [1.54, 1.807) is 18.3 Å². The molecule has 6 rings (SSSR count). The summed E-state index contributed by atoms with van der Waals surface area (Å²) in [6, 6.07) is 5.91. The van der Waals surface area contributed by atoms with Crippen LogP contribution in [0, 0.1) is 28.6 Å². The Kier molecular flexibility index (Phi) is 5.97. The van der Waals surface area contributed by atoms with Gasteiger partial charge in [0.15, 0.2) is 11.6 Å². The van der Waals surface area contributed by atoms with Gasteiger partial charge in [0.25, 0.3) is 0 Å². The molecule has 0 aromatic carbocycles. The van der Waals surface area contributed by atoms with Gasteiger partial charge in [-0.2, -0.15) is 0 Å². The Morgan fingerprint density at radius 2 is 1.95 bits per heavy atom. The second-order valence-corrected chi connectivity index (χ2v) is 12.5. The lowest BCUT2D eigenvalue weighted by Crippen LogP contribution is -2.62. The van der Waals surface area contributed by atoms with Crippen molar-refractivity contribution >= 4 is 17.4 Å². The number of hydrogen-bond acceptors (Lipinski definition) is 7. The third-order valence-electron chi connectivity index (χ3n) is 10.8. The summed E-state index contributed by atoms with van der Waals surface area (Å²) < 4.78 is 0. The highest BCUT2D eigenvalue weighted by molar-refractivity contribution is 6.01. The van der Waals surface area contributed by atoms with Crippen LogP contribution in [-0.4, -0.2) is 76.1 Å². The summed E-state index contributed by atoms with van der Waals surface area (Å²) in [6.45, 7) is 7.56. The highest BCUT2D eigenvalue weighted by atomic mass is 16.3. The molecule has 0 bridgehead atoms. The first kappa shape index (κ1) is 25.0. The van der Waals surface area contributed by atoms with E-state index in [1.165, 1.54) is 0 Å². The van der Waals surface area contributed by atoms with Gasteiger partial charge >= 0.3 is 0 Å². The molecule has 0 amide bonds. The molecule has 3 saturated carbocycles. The molecule has 4 unspecified atom stereocenters. The van der Waals surface area contributed by atoms with E-state index in [2.05, 4.69) is 28.6 Å². The summed E-state index contributed by atoms with van der Waals surface area (Å²) in [7, 11) is 0. The fraction of sp³-hybridized carbons (Fsp3) is 0.633. The number of fused-ring (bicyclic) bond motifs is 5. The molecule has 7 atom stereocenters. The Morgan fingerprint density at radius 3 is 2.68 bits per heavy atom. The molecule has 0 radical (unpaired) electrons. The molecule has 198 valence electrons. The number of aliphatic hydroxyl groups is 2. The predicted octanol–water partition coefficient (Wildman–Crippen LogP) is 2.78. The van der Waals surface area contributed by atoms with Crippen molar-refractivity contribution in [2.24, 2.45) is 28.6 Å². The second-order valence-electron chi connectivity index (χ2n) is 12.5. The molecule has 1 aromatic heterocycles. The maximum Gasteiger partial charge on any atom is 0.178 e. The Balaban J connectivity index is 1.17. The van der Waals surface area contributed by atoms with E-state index in [-0.39, 0.29) is 41.3 Å². The molecular weight excluding hydrogens is 466 g/mol. The number of aliphatic hydroxyl groups excluding tert-OH is 1. The Labute approximate surface area is 219 Å². The second kappa shape index (κ2) is 8.85. The lowest BCUT2D eigenvalue weighted by atomic mass is 9.46. The SMILES string of the molecule is C[C@]12C=CC(=O)C=C1CCC1C2C(O)C[C@@]2(C)C1CC[C@]2(O)C(=O)CN1CCN(c2ccccn2)CC1. The standard InChI is InChI=1S/C30H39N3O4/c1-28-10-8-21(34)17-20(28)6-7-22-23-9-11-30(37,29(23,2)18-24(35)27(22)28)25(36)19-32-13-15-33(16-14-32)26-5-3-4-12-31-26/h3-5,8,10,12,17,22-24,27,35,37H,6-7,9,11,13-16,18-19H2,1-2H3/t22?,23?,24?,27?,28-,29-,30-/m0/s1. The summed E-state index contributed by atoms with van der Waals surface area (Å²) in [5.74, 6) is 1.30. The molecule has 2 heterocycles. The predicted molar refractivity (Wildman–Crippen MR) is 141 cm³/mol. The van der Waals surface area contributed by atoms with Crippen LogP contribution < -0.4 is 4.90 Å². The smallest absolute Gasteiger partial charge is 0.178 e. The fourth-order valence-electron chi connectivity index (χ4n) is 8.80. The van der Waals surface area contributed by atoms with E-state index in [0.717, 1.165) is 56.8 Å². The van der Waals surface area contributed by atoms with Crippen molar-refractivity contribution in [3.05, 3.63) is 48.2 Å². The minimum absolute atomic E-state index is 0.00653. The van der Waals surface area contributed by atoms with Crippen LogP contribution in [0.4, 0.5) is 5.82 Å². The number of piperazine rings is 1. The van der Waals surface area contributed by atoms with E-state index in [9.17, 15) is 19.8 Å². The first-order valence-electron chi connectivity index (χ1n) is 13.9. The highest BCUT2D eigenvalue weighted by Gasteiger charge is 2.68. The number of carbonyl (C=O) groups is 2. The lowest BCUT2D eigenvalue weighted by Gasteiger charge is -2.59. The van der Waals surface area contributed by atoms with Crippen molar-refractivity contribution in [3.8, 4) is 0 Å². The van der Waals surface area contributed by atoms with Gasteiger partial charge in [0.1, 0.15) is 11.4 Å². The number of hydrogen-bond donors (Lipinski definition) is 2. The first-order chi connectivity index (χ1) is 17.7. The van der Waals surface area contributed by atoms with Crippen molar-refractivity contribution in [1.82, 2.24) is 9.88 Å². The largest absolute Gasteiger partial charge is 0.393 e. The summed E-state index contributed by atoms with van der Waals surface area (Å²) in [5, 5.41) is 23.6. The number of aromatic nitrogens is 1. The first-order valence-corrected chi connectivity index (χ1v) is 13.9. The fourth-order valence-corrected chi connectivity index (χ4v) is 8.80. The number of carbonyl (C=O) groups excluding carboxylic acids is 2. The lowest BCUT2D eigenvalue weighted by molar-refractivity contribution is -0.177. The van der Waals surface area contributed by atoms with Crippen LogP contribution in [0.1, 0.15) is 46.0 Å². The third kappa shape index (κ3) is 3.76. The molecular formula is C30H39N3O4. The molecule has 7 nitrogen and oxygen atoms in total. The van der Waals surface area contributed by atoms with E-state index in [4.69, 9.17) is 0 Å². The maximum atomic E-state index is 13.8. The van der Waals surface area contributed by atoms with E-state index in [1.807, 2.05) is 24.3 Å². The topological polar surface area (TPSA) is 94.0 Å². The molecule has 1 aromatic rings. The molecule has 1 saturated heterocycles. The monoisotopic (exact) mass is 505 g/mol. The van der Waals surface area contributed by atoms with Crippen LogP contribution in [-0.2, 0) is 9.59 Å². The van der Waals surface area contributed by atoms with E-state index < -0.39 is 17.1 Å². The van der Waals surface area contributed by atoms with Crippen LogP contribution in [0.15, 0.2) is 48.2 Å². The number of pyridine rings is 1. The molecule has 2 N–H and O–H groups in total. The van der Waals surface area contributed by atoms with Gasteiger partial charge in [-0.05, 0) is 68.2 Å². The summed E-state index contributed by atoms with van der Waals surface area (Å²) in [5.41, 5.74) is -1.28. The Bertz CT molecular complexity index is 1140. The van der Waals surface area contributed by atoms with Crippen LogP contribution >= 0.6 is 0 Å². The third-order valence-corrected chi connectivity index (χ3v) is 10.8. The van der Waals surface area contributed by atoms with Crippen molar-refractivity contribution in [3.63, 3.8) is 0 Å². The molecule has 1 aliphatic heterocycles. The highest BCUT2D eigenvalue weighted by Crippen LogP contribution is 2.67. The molecule has 4 aliphatic carbocycles. The molecule has 0 spiro atoms. The summed E-state index contributed by atoms with van der Waals surface area (Å²) in [6.07, 6.45) is 10.00. The Hall–Kier alpha value is -2.35. The molecule has 37 heavy (non-hydrogen) atoms. The minimum Gasteiger partial charge on any atom is -0.393 e. The van der Waals surface area contributed by atoms with Crippen molar-refractivity contribution < 1.29 is 19.8 Å². The number of ketones is 2.